The van der Waals surface area contributed by atoms with Crippen molar-refractivity contribution in [1.29, 1.82) is 5.41 Å². The van der Waals surface area contributed by atoms with E-state index >= 15 is 4.39 Å². The van der Waals surface area contributed by atoms with Crippen LogP contribution in [-0.4, -0.2) is 67.4 Å². The number of halogens is 2. The van der Waals surface area contributed by atoms with Gasteiger partial charge < -0.3 is 30.8 Å². The maximum atomic E-state index is 15.6. The van der Waals surface area contributed by atoms with Crippen LogP contribution in [0.5, 0.6) is 28.9 Å². The number of anilines is 1. The van der Waals surface area contributed by atoms with Crippen molar-refractivity contribution in [3.05, 3.63) is 77.1 Å². The number of nitrogens with zero attached hydrogens (tertiary/aromatic N) is 5. The Hall–Kier alpha value is -5.55. The normalized spacial score (nSPS) is 15.0. The minimum Gasteiger partial charge on any atom is -0.504 e. The second-order valence-electron chi connectivity index (χ2n) is 9.64. The molecule has 0 bridgehead atoms. The number of pyridine rings is 1. The lowest BCUT2D eigenvalue weighted by Gasteiger charge is -2.22. The number of carbonyl (C=O) groups is 1. The Balaban J connectivity index is 1.50. The fourth-order valence-corrected chi connectivity index (χ4v) is 5.22. The van der Waals surface area contributed by atoms with Crippen LogP contribution in [0, 0.1) is 17.0 Å². The molecule has 0 amide bonds. The summed E-state index contributed by atoms with van der Waals surface area (Å²) in [5, 5.41) is 17.5. The van der Waals surface area contributed by atoms with Gasteiger partial charge in [0.05, 0.1) is 12.8 Å². The van der Waals surface area contributed by atoms with E-state index in [0.29, 0.717) is 18.3 Å². The highest BCUT2D eigenvalue weighted by atomic mass is 32.2. The zero-order valence-electron chi connectivity index (χ0n) is 24.2. The lowest BCUT2D eigenvalue weighted by molar-refractivity contribution is 0.0526. The first-order chi connectivity index (χ1) is 22.0. The van der Waals surface area contributed by atoms with Crippen LogP contribution in [0.3, 0.4) is 0 Å². The van der Waals surface area contributed by atoms with Gasteiger partial charge in [0.25, 0.3) is 5.88 Å². The highest BCUT2D eigenvalue weighted by Crippen LogP contribution is 2.40. The molecule has 2 aromatic carbocycles. The minimum atomic E-state index is -2.01. The number of phenols is 1. The number of ether oxygens (including phenoxy) is 3. The van der Waals surface area contributed by atoms with Gasteiger partial charge in [-0.05, 0) is 50.4 Å². The molecule has 6 N–H and O–H groups in total. The standard InChI is InChI=1S/C29H26F2N8O6S/c1-3-43-28(41)17-12-37-29(38-25(17)34)46(42)15-5-7-20(16(11-15)26-35-8-9-39(26)2)44-23-18(30)13-36-27(22(23)31)45-21-10-14(24(32)33)4-6-19(21)40/h4-8,10-13,26,40H,3,9H2,1-2H3,(H3,32,33)(H2,34,37,38). The Bertz CT molecular complexity index is 1910. The lowest BCUT2D eigenvalue weighted by atomic mass is 10.1. The van der Waals surface area contributed by atoms with Crippen LogP contribution in [0.2, 0.25) is 0 Å². The van der Waals surface area contributed by atoms with Crippen molar-refractivity contribution >= 4 is 34.6 Å². The number of benzene rings is 2. The fourth-order valence-electron chi connectivity index (χ4n) is 4.26. The third-order valence-electron chi connectivity index (χ3n) is 6.55. The van der Waals surface area contributed by atoms with Gasteiger partial charge in [-0.2, -0.15) is 4.39 Å². The molecule has 0 radical (unpaired) electrons. The number of phenolic OH excluding ortho intramolecular Hbond substituents is 1. The minimum absolute atomic E-state index is 0.0360. The molecule has 238 valence electrons. The summed E-state index contributed by atoms with van der Waals surface area (Å²) in [6.07, 6.45) is 2.74. The molecule has 17 heteroatoms. The van der Waals surface area contributed by atoms with Crippen molar-refractivity contribution in [1.82, 2.24) is 19.9 Å². The first-order valence-corrected chi connectivity index (χ1v) is 14.6. The number of carbonyl (C=O) groups excluding carboxylic acids is 1. The molecule has 3 heterocycles. The molecule has 2 unspecified atom stereocenters. The van der Waals surface area contributed by atoms with Gasteiger partial charge in [-0.1, -0.05) is 0 Å². The number of aliphatic imine (C=N–C) groups is 1. The Kier molecular flexibility index (Phi) is 9.15. The van der Waals surface area contributed by atoms with E-state index in [4.69, 9.17) is 31.1 Å². The van der Waals surface area contributed by atoms with E-state index in [9.17, 15) is 18.5 Å². The predicted molar refractivity (Wildman–Crippen MR) is 161 cm³/mol. The molecule has 2 atom stereocenters. The summed E-state index contributed by atoms with van der Waals surface area (Å²) in [6.45, 7) is 2.19. The number of nitrogens with two attached hydrogens (primary N) is 2. The molecule has 0 aliphatic carbocycles. The fraction of sp³-hybridized carbons (Fsp3) is 0.172. The molecule has 0 fully saturated rings. The van der Waals surface area contributed by atoms with Crippen LogP contribution in [0.1, 0.15) is 34.6 Å². The van der Waals surface area contributed by atoms with Crippen LogP contribution in [0.4, 0.5) is 14.6 Å². The number of hydrogen-bond acceptors (Lipinski definition) is 13. The summed E-state index contributed by atoms with van der Waals surface area (Å²) in [5.74, 6) is -6.13. The number of esters is 1. The van der Waals surface area contributed by atoms with Gasteiger partial charge in [0.2, 0.25) is 16.7 Å². The molecule has 4 aromatic rings. The van der Waals surface area contributed by atoms with E-state index in [-0.39, 0.29) is 50.9 Å². The van der Waals surface area contributed by atoms with Crippen LogP contribution in [0.25, 0.3) is 0 Å². The smallest absolute Gasteiger partial charge is 0.343 e. The number of aromatic nitrogens is 3. The second-order valence-corrected chi connectivity index (χ2v) is 11.0. The summed E-state index contributed by atoms with van der Waals surface area (Å²) in [5.41, 5.74) is 11.8. The average molecular weight is 653 g/mol. The molecule has 0 saturated heterocycles. The molecule has 1 aliphatic rings. The van der Waals surface area contributed by atoms with Gasteiger partial charge in [0.1, 0.15) is 39.9 Å². The molecular formula is C29H26F2N8O6S. The first-order valence-electron chi connectivity index (χ1n) is 13.4. The highest BCUT2D eigenvalue weighted by Gasteiger charge is 2.28. The van der Waals surface area contributed by atoms with Crippen LogP contribution >= 0.6 is 0 Å². The van der Waals surface area contributed by atoms with Crippen molar-refractivity contribution in [2.24, 2.45) is 10.7 Å². The van der Waals surface area contributed by atoms with Crippen molar-refractivity contribution in [2.45, 2.75) is 23.1 Å². The first kappa shape index (κ1) is 31.9. The lowest BCUT2D eigenvalue weighted by Crippen LogP contribution is -2.19. The van der Waals surface area contributed by atoms with E-state index < -0.39 is 51.9 Å². The van der Waals surface area contributed by atoms with Gasteiger partial charge in [0, 0.05) is 35.0 Å². The van der Waals surface area contributed by atoms with E-state index in [1.807, 2.05) is 0 Å². The van der Waals surface area contributed by atoms with Crippen LogP contribution in [0.15, 0.2) is 63.8 Å². The number of hydrogen-bond donors (Lipinski definition) is 4. The quantitative estimate of drug-likeness (QED) is 0.0836. The Labute approximate surface area is 262 Å². The molecule has 2 aromatic heterocycles. The molecule has 46 heavy (non-hydrogen) atoms. The zero-order valence-corrected chi connectivity index (χ0v) is 25.0. The Morgan fingerprint density at radius 1 is 1.15 bits per heavy atom. The summed E-state index contributed by atoms with van der Waals surface area (Å²) < 4.78 is 60.1. The maximum Gasteiger partial charge on any atom is 0.343 e. The second kappa shape index (κ2) is 13.2. The molecule has 5 rings (SSSR count). The third kappa shape index (κ3) is 6.45. The Morgan fingerprint density at radius 3 is 2.61 bits per heavy atom. The van der Waals surface area contributed by atoms with E-state index in [2.05, 4.69) is 19.9 Å². The molecule has 0 saturated carbocycles. The zero-order chi connectivity index (χ0) is 33.1. The van der Waals surface area contributed by atoms with Crippen LogP contribution in [-0.2, 0) is 15.5 Å². The number of amidine groups is 1. The van der Waals surface area contributed by atoms with E-state index in [1.165, 1.54) is 36.4 Å². The van der Waals surface area contributed by atoms with E-state index in [0.717, 1.165) is 6.20 Å². The number of nitrogen functional groups attached to an aromatic ring is 2. The summed E-state index contributed by atoms with van der Waals surface area (Å²) in [4.78, 5) is 30.1. The SMILES string of the molecule is CCOC(=O)c1cnc(S(=O)c2ccc(Oc3c(F)cnc(Oc4cc(C(=N)N)ccc4O)c3F)c(C3N=CCN3C)c2)nc1N. The van der Waals surface area contributed by atoms with Gasteiger partial charge in [-0.15, -0.1) is 0 Å². The topological polar surface area (TPSA) is 212 Å². The average Bonchev–Trinajstić information content (AvgIpc) is 3.46. The molecule has 14 nitrogen and oxygen atoms in total. The molecular weight excluding hydrogens is 626 g/mol. The highest BCUT2D eigenvalue weighted by molar-refractivity contribution is 7.84. The van der Waals surface area contributed by atoms with Crippen molar-refractivity contribution < 1.29 is 37.1 Å². The van der Waals surface area contributed by atoms with Crippen LogP contribution < -0.4 is 20.9 Å². The molecule has 1 aliphatic heterocycles. The van der Waals surface area contributed by atoms with Crippen molar-refractivity contribution in [2.75, 3.05) is 25.9 Å². The van der Waals surface area contributed by atoms with E-state index in [1.54, 1.807) is 25.1 Å². The summed E-state index contributed by atoms with van der Waals surface area (Å²) in [6, 6.07) is 7.93. The Morgan fingerprint density at radius 2 is 1.93 bits per heavy atom. The largest absolute Gasteiger partial charge is 0.504 e. The maximum absolute atomic E-state index is 15.6. The molecule has 0 spiro atoms. The predicted octanol–water partition coefficient (Wildman–Crippen LogP) is 3.66. The van der Waals surface area contributed by atoms with Gasteiger partial charge in [-0.25, -0.2) is 28.3 Å². The monoisotopic (exact) mass is 652 g/mol. The van der Waals surface area contributed by atoms with Crippen molar-refractivity contribution in [3.8, 4) is 28.9 Å². The van der Waals surface area contributed by atoms with Gasteiger partial charge in [0.15, 0.2) is 17.3 Å². The number of rotatable bonds is 10. The number of nitrogens with one attached hydrogen (secondary N) is 1. The summed E-state index contributed by atoms with van der Waals surface area (Å²) in [7, 11) is -0.253. The summed E-state index contributed by atoms with van der Waals surface area (Å²) >= 11 is 0. The van der Waals surface area contributed by atoms with Gasteiger partial charge in [-0.3, -0.25) is 15.3 Å². The third-order valence-corrected chi connectivity index (χ3v) is 7.76. The van der Waals surface area contributed by atoms with Gasteiger partial charge >= 0.3 is 5.97 Å². The number of aromatic hydroxyl groups is 1. The van der Waals surface area contributed by atoms with Crippen molar-refractivity contribution in [3.63, 3.8) is 0 Å².